The third-order valence-electron chi connectivity index (χ3n) is 6.75. The van der Waals surface area contributed by atoms with Crippen LogP contribution in [-0.2, 0) is 11.3 Å². The van der Waals surface area contributed by atoms with Crippen LogP contribution in [0.4, 0.5) is 0 Å². The van der Waals surface area contributed by atoms with E-state index in [-0.39, 0.29) is 24.3 Å². The first-order valence-electron chi connectivity index (χ1n) is 13.2. The molecule has 0 saturated heterocycles. The number of carbonyl (C=O) groups excluding carboxylic acids is 2. The number of nitrogens with zero attached hydrogens (tertiary/aromatic N) is 2. The van der Waals surface area contributed by atoms with Crippen LogP contribution < -0.4 is 20.1 Å². The van der Waals surface area contributed by atoms with E-state index in [1.165, 1.54) is 0 Å². The minimum Gasteiger partial charge on any atom is -0.496 e. The fraction of sp³-hybridized carbons (Fsp3) is 0.607. The van der Waals surface area contributed by atoms with E-state index in [2.05, 4.69) is 38.3 Å². The van der Waals surface area contributed by atoms with Crippen LogP contribution >= 0.6 is 0 Å². The molecular weight excluding hydrogens is 456 g/mol. The third-order valence-corrected chi connectivity index (χ3v) is 6.75. The van der Waals surface area contributed by atoms with E-state index < -0.39 is 0 Å². The molecule has 2 N–H and O–H groups in total. The van der Waals surface area contributed by atoms with Gasteiger partial charge in [0.25, 0.3) is 5.91 Å². The molecule has 1 saturated carbocycles. The molecule has 198 valence electrons. The molecule has 1 aromatic heterocycles. The maximum Gasteiger partial charge on any atom is 0.272 e. The molecule has 1 aliphatic rings. The van der Waals surface area contributed by atoms with Gasteiger partial charge in [-0.25, -0.2) is 0 Å². The van der Waals surface area contributed by atoms with E-state index in [1.54, 1.807) is 20.3 Å². The van der Waals surface area contributed by atoms with Crippen LogP contribution in [0.3, 0.4) is 0 Å². The smallest absolute Gasteiger partial charge is 0.272 e. The Morgan fingerprint density at radius 1 is 1.11 bits per heavy atom. The molecule has 36 heavy (non-hydrogen) atoms. The van der Waals surface area contributed by atoms with E-state index in [0.717, 1.165) is 36.9 Å². The fourth-order valence-corrected chi connectivity index (χ4v) is 4.52. The highest BCUT2D eigenvalue weighted by atomic mass is 16.5. The molecule has 0 spiro atoms. The number of methoxy groups -OCH3 is 2. The summed E-state index contributed by atoms with van der Waals surface area (Å²) in [7, 11) is 3.24. The summed E-state index contributed by atoms with van der Waals surface area (Å²) in [6.45, 7) is 9.19. The van der Waals surface area contributed by atoms with Gasteiger partial charge in [-0.2, -0.15) is 5.10 Å². The molecule has 0 bridgehead atoms. The van der Waals surface area contributed by atoms with E-state index in [1.807, 2.05) is 22.9 Å². The summed E-state index contributed by atoms with van der Waals surface area (Å²) in [5, 5.41) is 10.8. The summed E-state index contributed by atoms with van der Waals surface area (Å²) >= 11 is 0. The van der Waals surface area contributed by atoms with Gasteiger partial charge >= 0.3 is 0 Å². The zero-order chi connectivity index (χ0) is 26.2. The molecule has 1 atom stereocenters. The van der Waals surface area contributed by atoms with Crippen molar-refractivity contribution in [2.75, 3.05) is 14.2 Å². The number of ether oxygens (including phenoxy) is 2. The Morgan fingerprint density at radius 2 is 1.75 bits per heavy atom. The van der Waals surface area contributed by atoms with Crippen LogP contribution in [0.15, 0.2) is 24.3 Å². The number of hydrogen-bond acceptors (Lipinski definition) is 5. The predicted molar refractivity (Wildman–Crippen MR) is 141 cm³/mol. The molecule has 1 aromatic carbocycles. The van der Waals surface area contributed by atoms with Gasteiger partial charge in [0.1, 0.15) is 11.5 Å². The van der Waals surface area contributed by atoms with E-state index in [0.29, 0.717) is 48.0 Å². The second-order valence-corrected chi connectivity index (χ2v) is 10.2. The Hall–Kier alpha value is -3.03. The Kier molecular flexibility index (Phi) is 9.79. The molecule has 8 nitrogen and oxygen atoms in total. The number of carbonyl (C=O) groups is 2. The Balaban J connectivity index is 1.92. The molecule has 0 radical (unpaired) electrons. The molecule has 1 aliphatic carbocycles. The summed E-state index contributed by atoms with van der Waals surface area (Å²) in [6, 6.07) is 7.47. The topological polar surface area (TPSA) is 94.5 Å². The zero-order valence-electron chi connectivity index (χ0n) is 22.6. The van der Waals surface area contributed by atoms with Crippen LogP contribution in [0.25, 0.3) is 11.3 Å². The first-order chi connectivity index (χ1) is 17.3. The molecule has 1 unspecified atom stereocenters. The summed E-state index contributed by atoms with van der Waals surface area (Å²) < 4.78 is 13.2. The first kappa shape index (κ1) is 27.6. The van der Waals surface area contributed by atoms with Crippen molar-refractivity contribution < 1.29 is 19.1 Å². The molecule has 3 rings (SSSR count). The second-order valence-electron chi connectivity index (χ2n) is 10.2. The quantitative estimate of drug-likeness (QED) is 0.390. The van der Waals surface area contributed by atoms with Crippen molar-refractivity contribution in [2.24, 2.45) is 11.8 Å². The third kappa shape index (κ3) is 7.24. The highest BCUT2D eigenvalue weighted by Gasteiger charge is 2.27. The molecular formula is C28H42N4O4. The number of hydrogen-bond donors (Lipinski definition) is 2. The van der Waals surface area contributed by atoms with Crippen LogP contribution in [0.5, 0.6) is 11.5 Å². The van der Waals surface area contributed by atoms with Crippen LogP contribution in [0, 0.1) is 11.8 Å². The second kappa shape index (κ2) is 12.8. The van der Waals surface area contributed by atoms with Crippen molar-refractivity contribution in [2.45, 2.75) is 84.8 Å². The van der Waals surface area contributed by atoms with Crippen LogP contribution in [0.2, 0.25) is 0 Å². The van der Waals surface area contributed by atoms with Gasteiger partial charge in [-0.3, -0.25) is 14.3 Å². The SMILES string of the molecule is CCC(CC)Cn1nc(C(=O)NC(CC(=O)NC2CC2)CC(C)C)cc1-c1c(OC)cccc1OC. The van der Waals surface area contributed by atoms with Crippen molar-refractivity contribution in [1.82, 2.24) is 20.4 Å². The minimum atomic E-state index is -0.279. The lowest BCUT2D eigenvalue weighted by atomic mass is 10.0. The van der Waals surface area contributed by atoms with Gasteiger partial charge in [-0.1, -0.05) is 46.6 Å². The number of rotatable bonds is 14. The van der Waals surface area contributed by atoms with Gasteiger partial charge in [-0.15, -0.1) is 0 Å². The van der Waals surface area contributed by atoms with Gasteiger partial charge in [0.2, 0.25) is 5.91 Å². The average molecular weight is 499 g/mol. The Bertz CT molecular complexity index is 1000. The maximum atomic E-state index is 13.4. The van der Waals surface area contributed by atoms with Crippen molar-refractivity contribution >= 4 is 11.8 Å². The summed E-state index contributed by atoms with van der Waals surface area (Å²) in [4.78, 5) is 25.9. The monoisotopic (exact) mass is 498 g/mol. The van der Waals surface area contributed by atoms with Crippen LogP contribution in [-0.4, -0.2) is 47.9 Å². The molecule has 0 aliphatic heterocycles. The summed E-state index contributed by atoms with van der Waals surface area (Å²) in [6.07, 6.45) is 5.07. The molecule has 2 amide bonds. The van der Waals surface area contributed by atoms with E-state index >= 15 is 0 Å². The lowest BCUT2D eigenvalue weighted by molar-refractivity contribution is -0.121. The minimum absolute atomic E-state index is 0.0119. The van der Waals surface area contributed by atoms with Gasteiger partial charge in [0.05, 0.1) is 25.5 Å². The highest BCUT2D eigenvalue weighted by molar-refractivity contribution is 5.94. The predicted octanol–water partition coefficient (Wildman–Crippen LogP) is 4.82. The molecule has 2 aromatic rings. The van der Waals surface area contributed by atoms with Gasteiger partial charge in [0.15, 0.2) is 5.69 Å². The van der Waals surface area contributed by atoms with Gasteiger partial charge in [-0.05, 0) is 49.3 Å². The maximum absolute atomic E-state index is 13.4. The van der Waals surface area contributed by atoms with Crippen molar-refractivity contribution in [3.63, 3.8) is 0 Å². The number of aromatic nitrogens is 2. The zero-order valence-corrected chi connectivity index (χ0v) is 22.6. The lowest BCUT2D eigenvalue weighted by Crippen LogP contribution is -2.40. The Labute approximate surface area is 215 Å². The van der Waals surface area contributed by atoms with Gasteiger partial charge in [0, 0.05) is 25.0 Å². The number of benzene rings is 1. The highest BCUT2D eigenvalue weighted by Crippen LogP contribution is 2.39. The molecule has 8 heteroatoms. The standard InChI is InChI=1S/C28H42N4O4/c1-7-19(8-2)17-32-23(27-24(35-5)10-9-11-25(27)36-6)16-22(31-32)28(34)30-21(14-18(3)4)15-26(33)29-20-12-13-20/h9-11,16,18-21H,7-8,12-15,17H2,1-6H3,(H,29,33)(H,30,34). The van der Waals surface area contributed by atoms with Gasteiger partial charge < -0.3 is 20.1 Å². The van der Waals surface area contributed by atoms with E-state index in [4.69, 9.17) is 14.6 Å². The van der Waals surface area contributed by atoms with Crippen molar-refractivity contribution in [1.29, 1.82) is 0 Å². The van der Waals surface area contributed by atoms with E-state index in [9.17, 15) is 9.59 Å². The normalized spacial score (nSPS) is 14.1. The lowest BCUT2D eigenvalue weighted by Gasteiger charge is -2.20. The summed E-state index contributed by atoms with van der Waals surface area (Å²) in [5.74, 6) is 1.77. The summed E-state index contributed by atoms with van der Waals surface area (Å²) in [5.41, 5.74) is 1.86. The number of nitrogens with one attached hydrogen (secondary N) is 2. The number of amides is 2. The van der Waals surface area contributed by atoms with Crippen molar-refractivity contribution in [3.05, 3.63) is 30.0 Å². The van der Waals surface area contributed by atoms with Crippen molar-refractivity contribution in [3.8, 4) is 22.8 Å². The van der Waals surface area contributed by atoms with Crippen LogP contribution in [0.1, 0.15) is 76.7 Å². The fourth-order valence-electron chi connectivity index (χ4n) is 4.52. The Morgan fingerprint density at radius 3 is 2.28 bits per heavy atom. The first-order valence-corrected chi connectivity index (χ1v) is 13.2. The average Bonchev–Trinajstić information content (AvgIpc) is 3.56. The molecule has 1 heterocycles. The largest absolute Gasteiger partial charge is 0.496 e. The molecule has 1 fully saturated rings.